The Hall–Kier alpha value is -3.53. The van der Waals surface area contributed by atoms with Crippen LogP contribution in [0.5, 0.6) is 11.8 Å². The van der Waals surface area contributed by atoms with Gasteiger partial charge in [-0.25, -0.2) is 4.98 Å². The summed E-state index contributed by atoms with van der Waals surface area (Å²) in [6.07, 6.45) is 1.53. The van der Waals surface area contributed by atoms with Crippen molar-refractivity contribution in [1.29, 1.82) is 0 Å². The van der Waals surface area contributed by atoms with Gasteiger partial charge in [0.1, 0.15) is 5.56 Å². The van der Waals surface area contributed by atoms with Gasteiger partial charge in [0.05, 0.1) is 35.4 Å². The third-order valence-electron chi connectivity index (χ3n) is 5.50. The zero-order valence-corrected chi connectivity index (χ0v) is 18.5. The second-order valence-corrected chi connectivity index (χ2v) is 8.21. The maximum atomic E-state index is 13.0. The number of piperidine rings is 1. The highest BCUT2D eigenvalue weighted by molar-refractivity contribution is 7.10. The Bertz CT molecular complexity index is 1140. The highest BCUT2D eigenvalue weighted by Crippen LogP contribution is 2.36. The Kier molecular flexibility index (Phi) is 6.31. The van der Waals surface area contributed by atoms with E-state index in [2.05, 4.69) is 9.97 Å². The number of ether oxygens (including phenoxy) is 2. The third-order valence-corrected chi connectivity index (χ3v) is 6.50. The Labute approximate surface area is 188 Å². The molecule has 9 nitrogen and oxygen atoms in total. The van der Waals surface area contributed by atoms with E-state index < -0.39 is 0 Å². The molecule has 0 saturated carbocycles. The largest absolute Gasteiger partial charge is 0.481 e. The average molecular weight is 455 g/mol. The zero-order chi connectivity index (χ0) is 22.7. The second kappa shape index (κ2) is 9.31. The first-order chi connectivity index (χ1) is 15.5. The number of pyridine rings is 1. The lowest BCUT2D eigenvalue weighted by molar-refractivity contribution is -0.384. The topological polar surface area (TPSA) is 108 Å². The summed E-state index contributed by atoms with van der Waals surface area (Å²) in [6, 6.07) is 9.93. The van der Waals surface area contributed by atoms with Crippen molar-refractivity contribution in [2.75, 3.05) is 27.3 Å². The van der Waals surface area contributed by atoms with Crippen molar-refractivity contribution in [3.8, 4) is 23.0 Å². The number of likely N-dealkylation sites (tertiary alicyclic amines) is 1. The molecule has 1 aromatic carbocycles. The van der Waals surface area contributed by atoms with Crippen LogP contribution in [0.4, 0.5) is 5.69 Å². The molecule has 0 atom stereocenters. The fourth-order valence-electron chi connectivity index (χ4n) is 3.80. The number of aromatic nitrogens is 2. The molecule has 2 aromatic heterocycles. The number of para-hydroxylation sites is 1. The van der Waals surface area contributed by atoms with Gasteiger partial charge in [0.25, 0.3) is 11.6 Å². The van der Waals surface area contributed by atoms with E-state index in [0.717, 1.165) is 17.8 Å². The van der Waals surface area contributed by atoms with Crippen LogP contribution in [0.15, 0.2) is 41.8 Å². The van der Waals surface area contributed by atoms with E-state index >= 15 is 0 Å². The van der Waals surface area contributed by atoms with Gasteiger partial charge in [0, 0.05) is 36.5 Å². The molecule has 10 heteroatoms. The predicted molar refractivity (Wildman–Crippen MR) is 119 cm³/mol. The molecule has 0 bridgehead atoms. The van der Waals surface area contributed by atoms with E-state index in [1.165, 1.54) is 31.6 Å². The molecule has 1 aliphatic rings. The molecule has 0 unspecified atom stereocenters. The Morgan fingerprint density at radius 2 is 1.88 bits per heavy atom. The lowest BCUT2D eigenvalue weighted by atomic mass is 9.97. The lowest BCUT2D eigenvalue weighted by Gasteiger charge is -2.31. The number of carbonyl (C=O) groups is 1. The molecule has 1 saturated heterocycles. The van der Waals surface area contributed by atoms with Crippen LogP contribution in [0.2, 0.25) is 0 Å². The molecule has 1 aliphatic heterocycles. The average Bonchev–Trinajstić information content (AvgIpc) is 3.33. The minimum absolute atomic E-state index is 0.0480. The van der Waals surface area contributed by atoms with Gasteiger partial charge in [-0.1, -0.05) is 12.1 Å². The maximum Gasteiger partial charge on any atom is 0.278 e. The highest BCUT2D eigenvalue weighted by Gasteiger charge is 2.29. The fraction of sp³-hybridized carbons (Fsp3) is 0.318. The molecular formula is C22H22N4O5S. The fourth-order valence-corrected chi connectivity index (χ4v) is 4.79. The Morgan fingerprint density at radius 3 is 2.56 bits per heavy atom. The number of hydrogen-bond acceptors (Lipinski definition) is 8. The Morgan fingerprint density at radius 1 is 1.12 bits per heavy atom. The Balaban J connectivity index is 1.45. The van der Waals surface area contributed by atoms with E-state index in [1.807, 2.05) is 5.38 Å². The van der Waals surface area contributed by atoms with E-state index in [9.17, 15) is 14.9 Å². The molecule has 0 radical (unpaired) electrons. The standard InChI is InChI=1S/C22H22N4O5S/c1-30-19-8-7-16(20(24-19)31-2)22(27)25-11-9-14(10-12-25)21-23-17(13-32-21)15-5-3-4-6-18(15)26(28)29/h3-8,13-14H,9-12H2,1-2H3. The van der Waals surface area contributed by atoms with Crippen molar-refractivity contribution < 1.29 is 19.2 Å². The van der Waals surface area contributed by atoms with Crippen molar-refractivity contribution in [2.45, 2.75) is 18.8 Å². The van der Waals surface area contributed by atoms with Gasteiger partial charge in [-0.05, 0) is 25.0 Å². The molecule has 0 spiro atoms. The number of nitro benzene ring substituents is 1. The van der Waals surface area contributed by atoms with Gasteiger partial charge in [-0.15, -0.1) is 11.3 Å². The molecular weight excluding hydrogens is 432 g/mol. The third kappa shape index (κ3) is 4.26. The minimum atomic E-state index is -0.388. The van der Waals surface area contributed by atoms with Gasteiger partial charge in [-0.3, -0.25) is 14.9 Å². The summed E-state index contributed by atoms with van der Waals surface area (Å²) in [5.41, 5.74) is 1.59. The second-order valence-electron chi connectivity index (χ2n) is 7.32. The molecule has 3 aromatic rings. The maximum absolute atomic E-state index is 13.0. The molecule has 1 fully saturated rings. The molecule has 0 aliphatic carbocycles. The van der Waals surface area contributed by atoms with Crippen molar-refractivity contribution in [2.24, 2.45) is 0 Å². The van der Waals surface area contributed by atoms with Gasteiger partial charge in [0.15, 0.2) is 0 Å². The molecule has 0 N–H and O–H groups in total. The van der Waals surface area contributed by atoms with Crippen LogP contribution in [0.1, 0.15) is 34.1 Å². The van der Waals surface area contributed by atoms with Crippen molar-refractivity contribution in [1.82, 2.24) is 14.9 Å². The van der Waals surface area contributed by atoms with E-state index in [-0.39, 0.29) is 28.3 Å². The van der Waals surface area contributed by atoms with Crippen molar-refractivity contribution >= 4 is 22.9 Å². The summed E-state index contributed by atoms with van der Waals surface area (Å²) < 4.78 is 10.4. The number of benzene rings is 1. The lowest BCUT2D eigenvalue weighted by Crippen LogP contribution is -2.38. The first-order valence-electron chi connectivity index (χ1n) is 10.1. The summed E-state index contributed by atoms with van der Waals surface area (Å²) in [6.45, 7) is 1.16. The van der Waals surface area contributed by atoms with E-state index in [0.29, 0.717) is 35.8 Å². The normalized spacial score (nSPS) is 14.2. The van der Waals surface area contributed by atoms with Crippen LogP contribution < -0.4 is 9.47 Å². The van der Waals surface area contributed by atoms with Crippen LogP contribution in [0.25, 0.3) is 11.3 Å². The minimum Gasteiger partial charge on any atom is -0.481 e. The monoisotopic (exact) mass is 454 g/mol. The summed E-state index contributed by atoms with van der Waals surface area (Å²) in [5, 5.41) is 14.1. The number of rotatable bonds is 6. The van der Waals surface area contributed by atoms with Gasteiger partial charge < -0.3 is 14.4 Å². The first kappa shape index (κ1) is 21.7. The molecule has 3 heterocycles. The molecule has 4 rings (SSSR count). The number of hydrogen-bond donors (Lipinski definition) is 0. The van der Waals surface area contributed by atoms with Gasteiger partial charge in [-0.2, -0.15) is 4.98 Å². The number of methoxy groups -OCH3 is 2. The number of amides is 1. The van der Waals surface area contributed by atoms with Crippen molar-refractivity contribution in [3.05, 3.63) is 62.5 Å². The van der Waals surface area contributed by atoms with Crippen LogP contribution in [-0.4, -0.2) is 53.0 Å². The quantitative estimate of drug-likeness (QED) is 0.407. The summed E-state index contributed by atoms with van der Waals surface area (Å²) >= 11 is 1.51. The molecule has 32 heavy (non-hydrogen) atoms. The SMILES string of the molecule is COc1ccc(C(=O)N2CCC(c3nc(-c4ccccc4[N+](=O)[O-])cs3)CC2)c(OC)n1. The molecule has 1 amide bonds. The van der Waals surface area contributed by atoms with Gasteiger partial charge >= 0.3 is 0 Å². The summed E-state index contributed by atoms with van der Waals surface area (Å²) in [4.78, 5) is 34.6. The number of nitro groups is 1. The number of nitrogens with zero attached hydrogens (tertiary/aromatic N) is 4. The number of thiazole rings is 1. The smallest absolute Gasteiger partial charge is 0.278 e. The van der Waals surface area contributed by atoms with Crippen LogP contribution in [0, 0.1) is 10.1 Å². The van der Waals surface area contributed by atoms with Crippen LogP contribution in [-0.2, 0) is 0 Å². The predicted octanol–water partition coefficient (Wildman–Crippen LogP) is 4.15. The first-order valence-corrected chi connectivity index (χ1v) is 11.0. The summed E-state index contributed by atoms with van der Waals surface area (Å²) in [5.74, 6) is 0.701. The molecule has 166 valence electrons. The van der Waals surface area contributed by atoms with Crippen molar-refractivity contribution in [3.63, 3.8) is 0 Å². The van der Waals surface area contributed by atoms with E-state index in [1.54, 1.807) is 35.2 Å². The summed E-state index contributed by atoms with van der Waals surface area (Å²) in [7, 11) is 2.98. The van der Waals surface area contributed by atoms with Crippen LogP contribution >= 0.6 is 11.3 Å². The highest BCUT2D eigenvalue weighted by atomic mass is 32.1. The zero-order valence-electron chi connectivity index (χ0n) is 17.7. The van der Waals surface area contributed by atoms with E-state index in [4.69, 9.17) is 9.47 Å². The van der Waals surface area contributed by atoms with Gasteiger partial charge in [0.2, 0.25) is 11.8 Å². The number of carbonyl (C=O) groups excluding carboxylic acids is 1. The van der Waals surface area contributed by atoms with Crippen LogP contribution in [0.3, 0.4) is 0 Å².